The molecule has 0 unspecified atom stereocenters. The van der Waals surface area contributed by atoms with Crippen molar-refractivity contribution in [3.63, 3.8) is 0 Å². The van der Waals surface area contributed by atoms with Gasteiger partial charge in [-0.3, -0.25) is 10.1 Å². The van der Waals surface area contributed by atoms with E-state index in [1.54, 1.807) is 26.0 Å². The first-order valence-corrected chi connectivity index (χ1v) is 9.33. The van der Waals surface area contributed by atoms with Gasteiger partial charge < -0.3 is 15.0 Å². The van der Waals surface area contributed by atoms with Gasteiger partial charge in [-0.15, -0.1) is 0 Å². The second kappa shape index (κ2) is 6.91. The molecular weight excluding hydrogens is 359 g/mol. The van der Waals surface area contributed by atoms with Crippen LogP contribution < -0.4 is 15.8 Å². The first-order chi connectivity index (χ1) is 13.3. The molecule has 0 bridgehead atoms. The zero-order chi connectivity index (χ0) is 19.9. The van der Waals surface area contributed by atoms with Crippen molar-refractivity contribution in [2.24, 2.45) is 5.73 Å². The molecule has 0 atom stereocenters. The van der Waals surface area contributed by atoms with E-state index >= 15 is 0 Å². The Morgan fingerprint density at radius 3 is 2.57 bits per heavy atom. The van der Waals surface area contributed by atoms with Crippen molar-refractivity contribution in [2.45, 2.75) is 44.8 Å². The molecule has 1 amide bonds. The number of nitrogens with one attached hydrogen (secondary N) is 1. The van der Waals surface area contributed by atoms with Crippen LogP contribution in [-0.4, -0.2) is 21.0 Å². The zero-order valence-electron chi connectivity index (χ0n) is 15.9. The van der Waals surface area contributed by atoms with Gasteiger partial charge in [0, 0.05) is 12.1 Å². The van der Waals surface area contributed by atoms with Gasteiger partial charge >= 0.3 is 0 Å². The fourth-order valence-electron chi connectivity index (χ4n) is 3.08. The minimum absolute atomic E-state index is 0.300. The van der Waals surface area contributed by atoms with Crippen LogP contribution >= 0.6 is 0 Å². The standard InChI is InChI=1S/C21H23FN4O2/c1-21(2,20(23)27)24-12-19-25-17-10-9-16(11-18(17)26(19)14-5-6-14)28-15-7-3-13(22)4-8-15/h3-4,7-11,14,24H,5-6,12H2,1-2H3,(H2,23,27). The lowest BCUT2D eigenvalue weighted by molar-refractivity contribution is -0.123. The molecule has 0 aliphatic heterocycles. The number of carbonyl (C=O) groups excluding carboxylic acids is 1. The Labute approximate surface area is 162 Å². The van der Waals surface area contributed by atoms with Gasteiger partial charge in [0.2, 0.25) is 5.91 Å². The Morgan fingerprint density at radius 2 is 1.93 bits per heavy atom. The average molecular weight is 382 g/mol. The monoisotopic (exact) mass is 382 g/mol. The Hall–Kier alpha value is -2.93. The molecule has 7 heteroatoms. The van der Waals surface area contributed by atoms with E-state index < -0.39 is 11.4 Å². The second-order valence-corrected chi connectivity index (χ2v) is 7.68. The predicted molar refractivity (Wildman–Crippen MR) is 105 cm³/mol. The summed E-state index contributed by atoms with van der Waals surface area (Å²) < 4.78 is 21.2. The molecule has 1 aliphatic carbocycles. The SMILES string of the molecule is CC(C)(NCc1nc2ccc(Oc3ccc(F)cc3)cc2n1C1CC1)C(N)=O. The number of fused-ring (bicyclic) bond motifs is 1. The van der Waals surface area contributed by atoms with Crippen molar-refractivity contribution in [1.82, 2.24) is 14.9 Å². The summed E-state index contributed by atoms with van der Waals surface area (Å²) in [7, 11) is 0. The first kappa shape index (κ1) is 18.4. The zero-order valence-corrected chi connectivity index (χ0v) is 15.9. The van der Waals surface area contributed by atoms with E-state index in [4.69, 9.17) is 15.5 Å². The lowest BCUT2D eigenvalue weighted by Gasteiger charge is -2.22. The topological polar surface area (TPSA) is 82.2 Å². The number of rotatable bonds is 7. The smallest absolute Gasteiger partial charge is 0.237 e. The number of ether oxygens (including phenoxy) is 1. The number of hydrogen-bond acceptors (Lipinski definition) is 4. The van der Waals surface area contributed by atoms with Crippen LogP contribution in [0.2, 0.25) is 0 Å². The molecule has 1 saturated carbocycles. The highest BCUT2D eigenvalue weighted by molar-refractivity contribution is 5.83. The summed E-state index contributed by atoms with van der Waals surface area (Å²) in [5.74, 6) is 1.40. The summed E-state index contributed by atoms with van der Waals surface area (Å²) in [6.45, 7) is 3.96. The van der Waals surface area contributed by atoms with E-state index in [9.17, 15) is 9.18 Å². The van der Waals surface area contributed by atoms with Crippen LogP contribution in [0, 0.1) is 5.82 Å². The van der Waals surface area contributed by atoms with Gasteiger partial charge in [-0.1, -0.05) is 0 Å². The Bertz CT molecular complexity index is 1020. The molecule has 1 fully saturated rings. The number of primary amides is 1. The molecule has 0 spiro atoms. The summed E-state index contributed by atoms with van der Waals surface area (Å²) in [5.41, 5.74) is 6.49. The minimum Gasteiger partial charge on any atom is -0.457 e. The van der Waals surface area contributed by atoms with E-state index in [2.05, 4.69) is 9.88 Å². The summed E-state index contributed by atoms with van der Waals surface area (Å²) in [6.07, 6.45) is 2.20. The van der Waals surface area contributed by atoms with Crippen molar-refractivity contribution in [3.05, 3.63) is 54.1 Å². The number of hydrogen-bond donors (Lipinski definition) is 2. The molecule has 4 rings (SSSR count). The quantitative estimate of drug-likeness (QED) is 0.653. The van der Waals surface area contributed by atoms with E-state index in [0.29, 0.717) is 24.1 Å². The van der Waals surface area contributed by atoms with Crippen molar-refractivity contribution in [2.75, 3.05) is 0 Å². The summed E-state index contributed by atoms with van der Waals surface area (Å²) in [6, 6.07) is 12.0. The molecule has 1 aliphatic rings. The van der Waals surface area contributed by atoms with E-state index in [-0.39, 0.29) is 5.82 Å². The number of halogens is 1. The van der Waals surface area contributed by atoms with E-state index in [0.717, 1.165) is 29.7 Å². The van der Waals surface area contributed by atoms with Crippen LogP contribution in [0.25, 0.3) is 11.0 Å². The molecule has 3 aromatic rings. The molecule has 28 heavy (non-hydrogen) atoms. The molecule has 2 aromatic carbocycles. The Balaban J connectivity index is 1.64. The molecule has 1 heterocycles. The third-order valence-electron chi connectivity index (χ3n) is 5.00. The highest BCUT2D eigenvalue weighted by Gasteiger charge is 2.30. The Morgan fingerprint density at radius 1 is 1.25 bits per heavy atom. The van der Waals surface area contributed by atoms with Gasteiger partial charge in [-0.2, -0.15) is 0 Å². The van der Waals surface area contributed by atoms with Crippen LogP contribution in [0.1, 0.15) is 38.6 Å². The molecular formula is C21H23FN4O2. The number of amides is 1. The summed E-state index contributed by atoms with van der Waals surface area (Å²) in [5, 5.41) is 3.19. The van der Waals surface area contributed by atoms with Crippen LogP contribution in [0.3, 0.4) is 0 Å². The fraction of sp³-hybridized carbons (Fsp3) is 0.333. The highest BCUT2D eigenvalue weighted by Crippen LogP contribution is 2.39. The molecule has 146 valence electrons. The van der Waals surface area contributed by atoms with Crippen molar-refractivity contribution in [1.29, 1.82) is 0 Å². The second-order valence-electron chi connectivity index (χ2n) is 7.68. The number of benzene rings is 2. The number of aromatic nitrogens is 2. The van der Waals surface area contributed by atoms with Gasteiger partial charge in [0.25, 0.3) is 0 Å². The maximum atomic E-state index is 13.1. The third-order valence-corrected chi connectivity index (χ3v) is 5.00. The van der Waals surface area contributed by atoms with Crippen LogP contribution in [0.4, 0.5) is 4.39 Å². The lowest BCUT2D eigenvalue weighted by atomic mass is 10.1. The summed E-state index contributed by atoms with van der Waals surface area (Å²) in [4.78, 5) is 16.3. The van der Waals surface area contributed by atoms with Crippen LogP contribution in [-0.2, 0) is 11.3 Å². The normalized spacial score (nSPS) is 14.4. The third kappa shape index (κ3) is 3.71. The molecule has 1 aromatic heterocycles. The van der Waals surface area contributed by atoms with Gasteiger partial charge in [-0.25, -0.2) is 9.37 Å². The minimum atomic E-state index is -0.816. The maximum Gasteiger partial charge on any atom is 0.237 e. The van der Waals surface area contributed by atoms with Gasteiger partial charge in [0.15, 0.2) is 0 Å². The predicted octanol–water partition coefficient (Wildman–Crippen LogP) is 3.66. The molecule has 0 saturated heterocycles. The molecule has 0 radical (unpaired) electrons. The maximum absolute atomic E-state index is 13.1. The number of carbonyl (C=O) groups is 1. The van der Waals surface area contributed by atoms with Crippen molar-refractivity contribution in [3.8, 4) is 11.5 Å². The van der Waals surface area contributed by atoms with Gasteiger partial charge in [-0.05, 0) is 63.1 Å². The fourth-order valence-corrected chi connectivity index (χ4v) is 3.08. The largest absolute Gasteiger partial charge is 0.457 e. The number of nitrogens with two attached hydrogens (primary N) is 1. The number of imidazole rings is 1. The molecule has 3 N–H and O–H groups in total. The first-order valence-electron chi connectivity index (χ1n) is 9.33. The molecule has 6 nitrogen and oxygen atoms in total. The van der Waals surface area contributed by atoms with E-state index in [1.807, 2.05) is 18.2 Å². The van der Waals surface area contributed by atoms with Gasteiger partial charge in [0.05, 0.1) is 23.1 Å². The number of nitrogens with zero attached hydrogens (tertiary/aromatic N) is 2. The van der Waals surface area contributed by atoms with Crippen molar-refractivity contribution >= 4 is 16.9 Å². The highest BCUT2D eigenvalue weighted by atomic mass is 19.1. The Kier molecular flexibility index (Phi) is 4.55. The van der Waals surface area contributed by atoms with E-state index in [1.165, 1.54) is 12.1 Å². The summed E-state index contributed by atoms with van der Waals surface area (Å²) >= 11 is 0. The average Bonchev–Trinajstić information content (AvgIpc) is 3.42. The van der Waals surface area contributed by atoms with Crippen LogP contribution in [0.5, 0.6) is 11.5 Å². The lowest BCUT2D eigenvalue weighted by Crippen LogP contribution is -2.50. The van der Waals surface area contributed by atoms with Crippen LogP contribution in [0.15, 0.2) is 42.5 Å². The van der Waals surface area contributed by atoms with Gasteiger partial charge in [0.1, 0.15) is 23.1 Å². The van der Waals surface area contributed by atoms with Crippen molar-refractivity contribution < 1.29 is 13.9 Å².